The number of nitrogens with one attached hydrogen (secondary N) is 3. The molecule has 0 radical (unpaired) electrons. The minimum absolute atomic E-state index is 0.0828. The normalized spacial score (nSPS) is 9.48. The summed E-state index contributed by atoms with van der Waals surface area (Å²) in [6.07, 6.45) is 3.83. The number of carbonyl (C=O) groups is 3. The van der Waals surface area contributed by atoms with Gasteiger partial charge < -0.3 is 20.6 Å². The van der Waals surface area contributed by atoms with Crippen molar-refractivity contribution in [3.05, 3.63) is 30.3 Å². The van der Waals surface area contributed by atoms with E-state index in [0.29, 0.717) is 19.4 Å². The zero-order chi connectivity index (χ0) is 18.8. The van der Waals surface area contributed by atoms with Gasteiger partial charge in [-0.25, -0.2) is 0 Å². The molecule has 0 aliphatic carbocycles. The van der Waals surface area contributed by atoms with E-state index in [1.165, 1.54) is 11.9 Å². The van der Waals surface area contributed by atoms with Gasteiger partial charge in [0.15, 0.2) is 0 Å². The number of carboxylic acid groups (broad SMARTS) is 1. The van der Waals surface area contributed by atoms with Crippen LogP contribution >= 0.6 is 11.9 Å². The fraction of sp³-hybridized carbons (Fsp3) is 0.471. The summed E-state index contributed by atoms with van der Waals surface area (Å²) in [4.78, 5) is 33.7. The van der Waals surface area contributed by atoms with Gasteiger partial charge in [-0.05, 0) is 31.9 Å². The molecule has 8 heteroatoms. The lowest BCUT2D eigenvalue weighted by Gasteiger charge is -2.08. The molecule has 1 aromatic carbocycles. The number of benzene rings is 1. The van der Waals surface area contributed by atoms with Crippen molar-refractivity contribution in [2.24, 2.45) is 0 Å². The maximum Gasteiger partial charge on any atom is 0.290 e. The molecule has 0 spiro atoms. The first kappa shape index (κ1) is 22.9. The Morgan fingerprint density at radius 1 is 1.12 bits per heavy atom. The molecule has 0 aliphatic rings. The highest BCUT2D eigenvalue weighted by atomic mass is 32.2. The van der Waals surface area contributed by atoms with Crippen LogP contribution in [0, 0.1) is 0 Å². The number of anilines is 1. The van der Waals surface area contributed by atoms with E-state index in [2.05, 4.69) is 15.6 Å². The molecule has 1 rings (SSSR count). The van der Waals surface area contributed by atoms with E-state index in [1.54, 1.807) is 6.92 Å². The van der Waals surface area contributed by atoms with E-state index in [4.69, 9.17) is 9.90 Å². The van der Waals surface area contributed by atoms with Crippen LogP contribution in [0.3, 0.4) is 0 Å². The Labute approximate surface area is 153 Å². The highest BCUT2D eigenvalue weighted by molar-refractivity contribution is 7.97. The minimum Gasteiger partial charge on any atom is -0.483 e. The van der Waals surface area contributed by atoms with Crippen molar-refractivity contribution in [2.75, 3.05) is 17.7 Å². The number of ketones is 1. The third kappa shape index (κ3) is 16.6. The monoisotopic (exact) mass is 369 g/mol. The average molecular weight is 369 g/mol. The largest absolute Gasteiger partial charge is 0.483 e. The molecule has 0 aliphatic heterocycles. The number of hydrazine groups is 1. The number of unbranched alkanes of at least 4 members (excludes halogenated alkanes) is 2. The quantitative estimate of drug-likeness (QED) is 0.194. The summed E-state index contributed by atoms with van der Waals surface area (Å²) < 4.78 is 0. The van der Waals surface area contributed by atoms with Gasteiger partial charge in [0.2, 0.25) is 5.91 Å². The smallest absolute Gasteiger partial charge is 0.290 e. The first-order valence-electron chi connectivity index (χ1n) is 8.12. The summed E-state index contributed by atoms with van der Waals surface area (Å²) in [7, 11) is 0. The maximum atomic E-state index is 11.6. The number of amides is 1. The van der Waals surface area contributed by atoms with Gasteiger partial charge in [-0.2, -0.15) is 4.83 Å². The van der Waals surface area contributed by atoms with E-state index in [0.717, 1.165) is 30.7 Å². The van der Waals surface area contributed by atoms with Crippen LogP contribution in [0.5, 0.6) is 0 Å². The van der Waals surface area contributed by atoms with Gasteiger partial charge in [0.05, 0.1) is 0 Å². The van der Waals surface area contributed by atoms with Crippen molar-refractivity contribution in [1.29, 1.82) is 0 Å². The third-order valence-corrected chi connectivity index (χ3v) is 3.65. The van der Waals surface area contributed by atoms with Crippen LogP contribution in [0.1, 0.15) is 39.0 Å². The van der Waals surface area contributed by atoms with Crippen LogP contribution in [-0.2, 0) is 14.4 Å². The first-order chi connectivity index (χ1) is 12.1. The Morgan fingerprint density at radius 2 is 1.76 bits per heavy atom. The van der Waals surface area contributed by atoms with Crippen LogP contribution in [0.2, 0.25) is 0 Å². The van der Waals surface area contributed by atoms with Gasteiger partial charge in [-0.3, -0.25) is 9.59 Å². The van der Waals surface area contributed by atoms with Gasteiger partial charge in [0.1, 0.15) is 5.78 Å². The lowest BCUT2D eigenvalue weighted by Crippen LogP contribution is -2.26. The van der Waals surface area contributed by atoms with Crippen LogP contribution in [0.15, 0.2) is 30.3 Å². The van der Waals surface area contributed by atoms with Crippen LogP contribution in [0.4, 0.5) is 5.69 Å². The lowest BCUT2D eigenvalue weighted by atomic mass is 10.1. The van der Waals surface area contributed by atoms with Gasteiger partial charge >= 0.3 is 0 Å². The number of hydrogen-bond donors (Lipinski definition) is 4. The van der Waals surface area contributed by atoms with E-state index < -0.39 is 0 Å². The zero-order valence-corrected chi connectivity index (χ0v) is 15.3. The number of Topliss-reactive ketones (excluding diaryl/α,β-unsaturated/α-hetero) is 1. The molecule has 4 N–H and O–H groups in total. The summed E-state index contributed by atoms with van der Waals surface area (Å²) >= 11 is 1.51. The maximum absolute atomic E-state index is 11.6. The molecule has 0 bridgehead atoms. The second kappa shape index (κ2) is 16.8. The number of hydrogen-bond acceptors (Lipinski definition) is 6. The Morgan fingerprint density at radius 3 is 2.40 bits per heavy atom. The van der Waals surface area contributed by atoms with Gasteiger partial charge in [-0.1, -0.05) is 36.6 Å². The predicted octanol–water partition coefficient (Wildman–Crippen LogP) is 2.61. The molecule has 25 heavy (non-hydrogen) atoms. The highest BCUT2D eigenvalue weighted by Crippen LogP contribution is 2.05. The molecule has 0 saturated carbocycles. The fourth-order valence-electron chi connectivity index (χ4n) is 1.83. The Bertz CT molecular complexity index is 486. The van der Waals surface area contributed by atoms with Crippen molar-refractivity contribution in [3.8, 4) is 0 Å². The highest BCUT2D eigenvalue weighted by Gasteiger charge is 2.01. The number of para-hydroxylation sites is 1. The third-order valence-electron chi connectivity index (χ3n) is 3.00. The van der Waals surface area contributed by atoms with Crippen molar-refractivity contribution >= 4 is 35.8 Å². The fourth-order valence-corrected chi connectivity index (χ4v) is 2.33. The Balaban J connectivity index is 0.00000178. The van der Waals surface area contributed by atoms with Crippen molar-refractivity contribution in [1.82, 2.24) is 10.1 Å². The lowest BCUT2D eigenvalue weighted by molar-refractivity contribution is -0.123. The Kier molecular flexibility index (Phi) is 15.4. The zero-order valence-electron chi connectivity index (χ0n) is 14.5. The summed E-state index contributed by atoms with van der Waals surface area (Å²) in [5.41, 5.74) is 4.07. The molecule has 1 aromatic rings. The molecule has 0 unspecified atom stereocenters. The van der Waals surface area contributed by atoms with Crippen molar-refractivity contribution in [3.63, 3.8) is 0 Å². The predicted molar refractivity (Wildman–Crippen MR) is 101 cm³/mol. The average Bonchev–Trinajstić information content (AvgIpc) is 2.59. The molecule has 0 atom stereocenters. The second-order valence-electron chi connectivity index (χ2n) is 5.16. The molecular formula is C17H27N3O4S. The van der Waals surface area contributed by atoms with E-state index in [9.17, 15) is 9.59 Å². The summed E-state index contributed by atoms with van der Waals surface area (Å²) in [5, 5.41) is 9.78. The minimum atomic E-state index is -0.250. The van der Waals surface area contributed by atoms with Crippen molar-refractivity contribution < 1.29 is 19.5 Å². The molecule has 0 fully saturated rings. The molecule has 7 nitrogen and oxygen atoms in total. The Hall–Kier alpha value is -2.06. The standard InChI is InChI=1S/C16H25N3O2S.CH2O2/c1-14(20)8-4-2-7-11-16(21)17-12-13-22-19-18-15-9-5-3-6-10-15;2-1-3/h3,5-6,9-10,18-19H,2,4,7-8,11-13H2,1H3,(H,17,21);1H,(H,2,3). The van der Waals surface area contributed by atoms with Crippen LogP contribution < -0.4 is 15.6 Å². The second-order valence-corrected chi connectivity index (χ2v) is 6.06. The number of rotatable bonds is 12. The molecule has 140 valence electrons. The van der Waals surface area contributed by atoms with Crippen LogP contribution in [0.25, 0.3) is 0 Å². The topological polar surface area (TPSA) is 108 Å². The SMILES string of the molecule is CC(=O)CCCCCC(=O)NCCSNNc1ccccc1.O=CO. The molecular weight excluding hydrogens is 342 g/mol. The molecule has 0 aromatic heterocycles. The summed E-state index contributed by atoms with van der Waals surface area (Å²) in [5.74, 6) is 1.09. The van der Waals surface area contributed by atoms with Gasteiger partial charge in [0, 0.05) is 30.8 Å². The summed E-state index contributed by atoms with van der Waals surface area (Å²) in [6.45, 7) is 1.99. The van der Waals surface area contributed by atoms with E-state index in [-0.39, 0.29) is 18.2 Å². The summed E-state index contributed by atoms with van der Waals surface area (Å²) in [6, 6.07) is 9.84. The van der Waals surface area contributed by atoms with Crippen molar-refractivity contribution in [2.45, 2.75) is 39.0 Å². The molecule has 0 saturated heterocycles. The first-order valence-corrected chi connectivity index (χ1v) is 9.10. The van der Waals surface area contributed by atoms with Crippen LogP contribution in [-0.4, -0.2) is 35.6 Å². The molecule has 0 heterocycles. The van der Waals surface area contributed by atoms with E-state index >= 15 is 0 Å². The molecule has 1 amide bonds. The van der Waals surface area contributed by atoms with E-state index in [1.807, 2.05) is 30.3 Å². The van der Waals surface area contributed by atoms with Gasteiger partial charge in [0.25, 0.3) is 6.47 Å². The van der Waals surface area contributed by atoms with Gasteiger partial charge in [-0.15, -0.1) is 0 Å². The number of carbonyl (C=O) groups excluding carboxylic acids is 2.